The number of para-hydroxylation sites is 1. The van der Waals surface area contributed by atoms with Crippen LogP contribution in [0.15, 0.2) is 76.1 Å². The molecule has 1 aliphatic heterocycles. The molecule has 162 valence electrons. The molecule has 32 heavy (non-hydrogen) atoms. The van der Waals surface area contributed by atoms with Crippen LogP contribution in [0.1, 0.15) is 16.7 Å². The summed E-state index contributed by atoms with van der Waals surface area (Å²) >= 11 is 10.3. The number of carbonyl (C=O) groups is 2. The fourth-order valence-corrected chi connectivity index (χ4v) is 4.41. The summed E-state index contributed by atoms with van der Waals surface area (Å²) in [6.45, 7) is 0.126. The number of hydrogen-bond acceptors (Lipinski definition) is 4. The van der Waals surface area contributed by atoms with Crippen LogP contribution in [0.4, 0.5) is 9.18 Å². The molecule has 0 N–H and O–H groups in total. The zero-order valence-electron chi connectivity index (χ0n) is 16.6. The number of rotatable bonds is 6. The number of thioether (sulfide) groups is 1. The molecule has 0 saturated carbocycles. The van der Waals surface area contributed by atoms with Crippen LogP contribution in [0, 0.1) is 5.82 Å². The fraction of sp³-hybridized carbons (Fsp3) is 0.0833. The molecule has 0 aromatic heterocycles. The van der Waals surface area contributed by atoms with Crippen LogP contribution in [0.3, 0.4) is 0 Å². The smallest absolute Gasteiger partial charge is 0.293 e. The Kier molecular flexibility index (Phi) is 6.98. The zero-order valence-corrected chi connectivity index (χ0v) is 19.7. The third kappa shape index (κ3) is 5.06. The van der Waals surface area contributed by atoms with E-state index in [1.54, 1.807) is 18.2 Å². The lowest BCUT2D eigenvalue weighted by Gasteiger charge is -2.14. The average molecular weight is 533 g/mol. The largest absolute Gasteiger partial charge is 0.488 e. The first kappa shape index (κ1) is 22.6. The average Bonchev–Trinajstić information content (AvgIpc) is 3.04. The molecular weight excluding hydrogens is 517 g/mol. The van der Waals surface area contributed by atoms with Gasteiger partial charge in [-0.1, -0.05) is 63.9 Å². The van der Waals surface area contributed by atoms with Crippen LogP contribution in [0.5, 0.6) is 5.75 Å². The van der Waals surface area contributed by atoms with E-state index in [1.807, 2.05) is 36.4 Å². The van der Waals surface area contributed by atoms with Gasteiger partial charge in [0.25, 0.3) is 11.1 Å². The lowest BCUT2D eigenvalue weighted by molar-refractivity contribution is -0.123. The highest BCUT2D eigenvalue weighted by molar-refractivity contribution is 9.10. The number of imide groups is 1. The maximum Gasteiger partial charge on any atom is 0.293 e. The Hall–Kier alpha value is -2.61. The van der Waals surface area contributed by atoms with Gasteiger partial charge in [-0.15, -0.1) is 0 Å². The van der Waals surface area contributed by atoms with Crippen LogP contribution >= 0.6 is 39.3 Å². The van der Waals surface area contributed by atoms with E-state index >= 15 is 0 Å². The number of benzene rings is 3. The highest BCUT2D eigenvalue weighted by atomic mass is 79.9. The van der Waals surface area contributed by atoms with Crippen molar-refractivity contribution in [2.45, 2.75) is 13.2 Å². The molecule has 1 heterocycles. The normalized spacial score (nSPS) is 15.0. The van der Waals surface area contributed by atoms with Crippen LogP contribution < -0.4 is 4.74 Å². The minimum atomic E-state index is -0.563. The van der Waals surface area contributed by atoms with Gasteiger partial charge in [-0.3, -0.25) is 14.5 Å². The van der Waals surface area contributed by atoms with E-state index in [0.717, 1.165) is 26.7 Å². The highest BCUT2D eigenvalue weighted by Crippen LogP contribution is 2.36. The second kappa shape index (κ2) is 9.90. The first-order chi connectivity index (χ1) is 15.4. The summed E-state index contributed by atoms with van der Waals surface area (Å²) in [4.78, 5) is 26.6. The Labute approximate surface area is 202 Å². The van der Waals surface area contributed by atoms with Crippen LogP contribution in [-0.2, 0) is 17.9 Å². The Bertz CT molecular complexity index is 1200. The van der Waals surface area contributed by atoms with E-state index in [0.29, 0.717) is 17.9 Å². The molecule has 1 fully saturated rings. The van der Waals surface area contributed by atoms with Crippen LogP contribution in [0.25, 0.3) is 6.08 Å². The minimum absolute atomic E-state index is 0.107. The topological polar surface area (TPSA) is 46.6 Å². The number of amides is 2. The maximum absolute atomic E-state index is 14.1. The summed E-state index contributed by atoms with van der Waals surface area (Å²) in [7, 11) is 0. The Balaban J connectivity index is 1.53. The van der Waals surface area contributed by atoms with Crippen LogP contribution in [-0.4, -0.2) is 16.0 Å². The molecule has 0 unspecified atom stereocenters. The van der Waals surface area contributed by atoms with Gasteiger partial charge >= 0.3 is 0 Å². The Morgan fingerprint density at radius 2 is 1.78 bits per heavy atom. The standard InChI is InChI=1S/C24H16BrClFNO3S/c25-17-10-8-15(9-11-17)14-31-21-7-2-1-4-16(21)12-22-23(29)28(24(30)32-22)13-18-19(26)5-3-6-20(18)27/h1-12H,13-14H2/b22-12-. The maximum atomic E-state index is 14.1. The highest BCUT2D eigenvalue weighted by Gasteiger charge is 2.36. The van der Waals surface area contributed by atoms with Crippen LogP contribution in [0.2, 0.25) is 5.02 Å². The molecule has 4 nitrogen and oxygen atoms in total. The number of nitrogens with zero attached hydrogens (tertiary/aromatic N) is 1. The molecule has 1 saturated heterocycles. The molecule has 3 aromatic carbocycles. The summed E-state index contributed by atoms with van der Waals surface area (Å²) in [6.07, 6.45) is 1.62. The van der Waals surface area contributed by atoms with Crippen molar-refractivity contribution in [2.24, 2.45) is 0 Å². The second-order valence-corrected chi connectivity index (χ2v) is 9.24. The molecule has 0 atom stereocenters. The van der Waals surface area contributed by atoms with E-state index in [4.69, 9.17) is 16.3 Å². The van der Waals surface area contributed by atoms with E-state index in [2.05, 4.69) is 15.9 Å². The predicted octanol–water partition coefficient (Wildman–Crippen LogP) is 7.06. The summed E-state index contributed by atoms with van der Waals surface area (Å²) in [6, 6.07) is 19.3. The first-order valence-electron chi connectivity index (χ1n) is 9.57. The van der Waals surface area contributed by atoms with E-state index in [1.165, 1.54) is 18.2 Å². The van der Waals surface area contributed by atoms with Gasteiger partial charge < -0.3 is 4.74 Å². The molecule has 8 heteroatoms. The molecular formula is C24H16BrClFNO3S. The molecule has 2 amide bonds. The first-order valence-corrected chi connectivity index (χ1v) is 11.6. The van der Waals surface area contributed by atoms with Gasteiger partial charge in [-0.25, -0.2) is 4.39 Å². The van der Waals surface area contributed by atoms with Crippen molar-refractivity contribution in [3.8, 4) is 5.75 Å². The Morgan fingerprint density at radius 3 is 2.53 bits per heavy atom. The second-order valence-electron chi connectivity index (χ2n) is 6.92. The van der Waals surface area contributed by atoms with Gasteiger partial charge in [-0.05, 0) is 53.7 Å². The fourth-order valence-electron chi connectivity index (χ4n) is 3.09. The van der Waals surface area contributed by atoms with Gasteiger partial charge in [0, 0.05) is 20.6 Å². The third-order valence-corrected chi connectivity index (χ3v) is 6.55. The van der Waals surface area contributed by atoms with Crippen molar-refractivity contribution in [3.05, 3.63) is 104 Å². The van der Waals surface area contributed by atoms with E-state index < -0.39 is 17.0 Å². The van der Waals surface area contributed by atoms with E-state index in [9.17, 15) is 14.0 Å². The van der Waals surface area contributed by atoms with Crippen molar-refractivity contribution in [1.82, 2.24) is 4.90 Å². The quantitative estimate of drug-likeness (QED) is 0.319. The summed E-state index contributed by atoms with van der Waals surface area (Å²) in [5, 5.41) is -0.312. The monoisotopic (exact) mass is 531 g/mol. The summed E-state index contributed by atoms with van der Waals surface area (Å²) < 4.78 is 21.1. The molecule has 0 radical (unpaired) electrons. The number of carbonyl (C=O) groups excluding carboxylic acids is 2. The van der Waals surface area contributed by atoms with Gasteiger partial charge in [0.15, 0.2) is 0 Å². The molecule has 4 rings (SSSR count). The number of halogens is 3. The van der Waals surface area contributed by atoms with Crippen molar-refractivity contribution >= 4 is 56.5 Å². The lowest BCUT2D eigenvalue weighted by atomic mass is 10.1. The van der Waals surface area contributed by atoms with Gasteiger partial charge in [0.1, 0.15) is 18.2 Å². The predicted molar refractivity (Wildman–Crippen MR) is 128 cm³/mol. The summed E-state index contributed by atoms with van der Waals surface area (Å²) in [5.74, 6) is -0.478. The summed E-state index contributed by atoms with van der Waals surface area (Å²) in [5.41, 5.74) is 1.76. The number of hydrogen-bond donors (Lipinski definition) is 0. The molecule has 3 aromatic rings. The molecule has 0 spiro atoms. The minimum Gasteiger partial charge on any atom is -0.488 e. The SMILES string of the molecule is O=C1S/C(=C\c2ccccc2OCc2ccc(Br)cc2)C(=O)N1Cc1c(F)cccc1Cl. The van der Waals surface area contributed by atoms with Crippen molar-refractivity contribution in [3.63, 3.8) is 0 Å². The molecule has 1 aliphatic rings. The number of ether oxygens (including phenoxy) is 1. The lowest BCUT2D eigenvalue weighted by Crippen LogP contribution is -2.28. The van der Waals surface area contributed by atoms with Crippen molar-refractivity contribution < 1.29 is 18.7 Å². The van der Waals surface area contributed by atoms with Gasteiger partial charge in [0.2, 0.25) is 0 Å². The third-order valence-electron chi connectivity index (χ3n) is 4.76. The molecule has 0 aliphatic carbocycles. The zero-order chi connectivity index (χ0) is 22.7. The van der Waals surface area contributed by atoms with Gasteiger partial charge in [0.05, 0.1) is 11.4 Å². The Morgan fingerprint density at radius 1 is 1.03 bits per heavy atom. The van der Waals surface area contributed by atoms with E-state index in [-0.39, 0.29) is 22.0 Å². The van der Waals surface area contributed by atoms with Crippen molar-refractivity contribution in [1.29, 1.82) is 0 Å². The van der Waals surface area contributed by atoms with Crippen molar-refractivity contribution in [2.75, 3.05) is 0 Å². The molecule has 0 bridgehead atoms. The van der Waals surface area contributed by atoms with Gasteiger partial charge in [-0.2, -0.15) is 0 Å².